The van der Waals surface area contributed by atoms with Gasteiger partial charge < -0.3 is 10.1 Å². The summed E-state index contributed by atoms with van der Waals surface area (Å²) in [5, 5.41) is 10.7. The number of rotatable bonds is 6. The van der Waals surface area contributed by atoms with Crippen LogP contribution in [-0.2, 0) is 9.53 Å². The maximum absolute atomic E-state index is 11.8. The second-order valence-corrected chi connectivity index (χ2v) is 4.14. The third kappa shape index (κ3) is 3.07. The molecule has 0 radical (unpaired) electrons. The van der Waals surface area contributed by atoms with Gasteiger partial charge in [0.05, 0.1) is 17.4 Å². The molecule has 5 heteroatoms. The van der Waals surface area contributed by atoms with E-state index in [1.54, 1.807) is 13.3 Å². The summed E-state index contributed by atoms with van der Waals surface area (Å²) in [6, 6.07) is 5.72. The standard InChI is InChI=1S/C13H17N3O2/c1-18-8-3-2-7-12(17)15-11-6-4-5-10-9-14-16-13(10)11/h4-6,9H,2-3,7-8H2,1H3,(H,14,16)(H,15,17). The molecule has 2 rings (SSSR count). The van der Waals surface area contributed by atoms with Gasteiger partial charge in [0.1, 0.15) is 0 Å². The molecule has 0 atom stereocenters. The van der Waals surface area contributed by atoms with Crippen LogP contribution in [0, 0.1) is 0 Å². The molecule has 0 fully saturated rings. The lowest BCUT2D eigenvalue weighted by Gasteiger charge is -2.06. The summed E-state index contributed by atoms with van der Waals surface area (Å²) in [5.41, 5.74) is 1.64. The topological polar surface area (TPSA) is 67.0 Å². The molecule has 1 aromatic carbocycles. The average Bonchev–Trinajstić information content (AvgIpc) is 2.84. The van der Waals surface area contributed by atoms with Gasteiger partial charge in [-0.25, -0.2) is 0 Å². The van der Waals surface area contributed by atoms with Crippen LogP contribution < -0.4 is 5.32 Å². The molecule has 0 aliphatic rings. The Morgan fingerprint density at radius 3 is 3.17 bits per heavy atom. The zero-order valence-corrected chi connectivity index (χ0v) is 10.4. The van der Waals surface area contributed by atoms with Crippen LogP contribution in [0.3, 0.4) is 0 Å². The molecule has 0 aliphatic carbocycles. The summed E-state index contributed by atoms with van der Waals surface area (Å²) < 4.78 is 4.94. The van der Waals surface area contributed by atoms with Crippen molar-refractivity contribution in [3.63, 3.8) is 0 Å². The van der Waals surface area contributed by atoms with Crippen molar-refractivity contribution in [1.82, 2.24) is 10.2 Å². The number of amides is 1. The predicted octanol–water partition coefficient (Wildman–Crippen LogP) is 2.32. The fourth-order valence-corrected chi connectivity index (χ4v) is 1.82. The van der Waals surface area contributed by atoms with Gasteiger partial charge in [0.2, 0.25) is 5.91 Å². The normalized spacial score (nSPS) is 10.7. The van der Waals surface area contributed by atoms with E-state index in [0.29, 0.717) is 13.0 Å². The Morgan fingerprint density at radius 1 is 1.44 bits per heavy atom. The third-order valence-electron chi connectivity index (χ3n) is 2.75. The number of nitrogens with one attached hydrogen (secondary N) is 2. The lowest BCUT2D eigenvalue weighted by atomic mass is 10.2. The number of H-pyrrole nitrogens is 1. The fraction of sp³-hybridized carbons (Fsp3) is 0.385. The minimum Gasteiger partial charge on any atom is -0.385 e. The third-order valence-corrected chi connectivity index (χ3v) is 2.75. The van der Waals surface area contributed by atoms with Crippen molar-refractivity contribution in [3.8, 4) is 0 Å². The molecular weight excluding hydrogens is 230 g/mol. The Bertz CT molecular complexity index is 522. The van der Waals surface area contributed by atoms with Gasteiger partial charge in [-0.15, -0.1) is 0 Å². The number of methoxy groups -OCH3 is 1. The Labute approximate surface area is 106 Å². The van der Waals surface area contributed by atoms with Crippen LogP contribution >= 0.6 is 0 Å². The van der Waals surface area contributed by atoms with Crippen LogP contribution in [0.5, 0.6) is 0 Å². The molecule has 96 valence electrons. The van der Waals surface area contributed by atoms with Gasteiger partial charge in [0.15, 0.2) is 0 Å². The van der Waals surface area contributed by atoms with E-state index in [9.17, 15) is 4.79 Å². The van der Waals surface area contributed by atoms with Crippen molar-refractivity contribution >= 4 is 22.5 Å². The lowest BCUT2D eigenvalue weighted by molar-refractivity contribution is -0.116. The van der Waals surface area contributed by atoms with Crippen molar-refractivity contribution in [2.75, 3.05) is 19.0 Å². The summed E-state index contributed by atoms with van der Waals surface area (Å²) in [4.78, 5) is 11.8. The summed E-state index contributed by atoms with van der Waals surface area (Å²) in [5.74, 6) is 0.0215. The molecule has 0 bridgehead atoms. The van der Waals surface area contributed by atoms with Gasteiger partial charge in [0, 0.05) is 25.5 Å². The molecule has 1 amide bonds. The smallest absolute Gasteiger partial charge is 0.224 e. The molecule has 0 saturated carbocycles. The highest BCUT2D eigenvalue weighted by molar-refractivity contribution is 6.00. The van der Waals surface area contributed by atoms with Gasteiger partial charge >= 0.3 is 0 Å². The first-order chi connectivity index (χ1) is 8.81. The summed E-state index contributed by atoms with van der Waals surface area (Å²) in [6.45, 7) is 0.698. The fourth-order valence-electron chi connectivity index (χ4n) is 1.82. The Balaban J connectivity index is 1.92. The molecule has 2 N–H and O–H groups in total. The molecule has 0 unspecified atom stereocenters. The van der Waals surface area contributed by atoms with Crippen LogP contribution in [0.2, 0.25) is 0 Å². The molecule has 1 heterocycles. The van der Waals surface area contributed by atoms with Crippen molar-refractivity contribution in [3.05, 3.63) is 24.4 Å². The van der Waals surface area contributed by atoms with Crippen LogP contribution in [-0.4, -0.2) is 29.8 Å². The minimum absolute atomic E-state index is 0.0215. The van der Waals surface area contributed by atoms with E-state index in [1.807, 2.05) is 18.2 Å². The maximum Gasteiger partial charge on any atom is 0.224 e. The van der Waals surface area contributed by atoms with E-state index < -0.39 is 0 Å². The summed E-state index contributed by atoms with van der Waals surface area (Å²) >= 11 is 0. The number of carbonyl (C=O) groups excluding carboxylic acids is 1. The first kappa shape index (κ1) is 12.6. The number of nitrogens with zero attached hydrogens (tertiary/aromatic N) is 1. The van der Waals surface area contributed by atoms with Crippen LogP contribution in [0.1, 0.15) is 19.3 Å². The van der Waals surface area contributed by atoms with Crippen molar-refractivity contribution in [2.24, 2.45) is 0 Å². The first-order valence-corrected chi connectivity index (χ1v) is 6.02. The molecule has 5 nitrogen and oxygen atoms in total. The monoisotopic (exact) mass is 247 g/mol. The van der Waals surface area contributed by atoms with Crippen LogP contribution in [0.15, 0.2) is 24.4 Å². The van der Waals surface area contributed by atoms with Gasteiger partial charge in [-0.1, -0.05) is 12.1 Å². The van der Waals surface area contributed by atoms with Crippen LogP contribution in [0.4, 0.5) is 5.69 Å². The van der Waals surface area contributed by atoms with E-state index in [1.165, 1.54) is 0 Å². The SMILES string of the molecule is COCCCCC(=O)Nc1cccc2cn[nH]c12. The number of benzene rings is 1. The Morgan fingerprint density at radius 2 is 2.33 bits per heavy atom. The Kier molecular flexibility index (Phi) is 4.30. The number of hydrogen-bond acceptors (Lipinski definition) is 3. The zero-order valence-electron chi connectivity index (χ0n) is 10.4. The predicted molar refractivity (Wildman–Crippen MR) is 70.5 cm³/mol. The van der Waals surface area contributed by atoms with Gasteiger partial charge in [0.25, 0.3) is 0 Å². The van der Waals surface area contributed by atoms with Gasteiger partial charge in [-0.3, -0.25) is 9.89 Å². The molecule has 2 aromatic rings. The number of aromatic nitrogens is 2. The molecule has 1 aromatic heterocycles. The number of anilines is 1. The number of aromatic amines is 1. The largest absolute Gasteiger partial charge is 0.385 e. The molecular formula is C13H17N3O2. The first-order valence-electron chi connectivity index (χ1n) is 6.02. The van der Waals surface area contributed by atoms with Crippen molar-refractivity contribution in [1.29, 1.82) is 0 Å². The maximum atomic E-state index is 11.8. The number of unbranched alkanes of at least 4 members (excludes halogenated alkanes) is 1. The van der Waals surface area contributed by atoms with E-state index >= 15 is 0 Å². The second kappa shape index (κ2) is 6.16. The van der Waals surface area contributed by atoms with Gasteiger partial charge in [-0.2, -0.15) is 5.10 Å². The highest BCUT2D eigenvalue weighted by atomic mass is 16.5. The van der Waals surface area contributed by atoms with Crippen molar-refractivity contribution in [2.45, 2.75) is 19.3 Å². The lowest BCUT2D eigenvalue weighted by Crippen LogP contribution is -2.11. The van der Waals surface area contributed by atoms with Crippen LogP contribution in [0.25, 0.3) is 10.9 Å². The van der Waals surface area contributed by atoms with Crippen molar-refractivity contribution < 1.29 is 9.53 Å². The highest BCUT2D eigenvalue weighted by Gasteiger charge is 2.06. The molecule has 0 spiro atoms. The Hall–Kier alpha value is -1.88. The average molecular weight is 247 g/mol. The summed E-state index contributed by atoms with van der Waals surface area (Å²) in [7, 11) is 1.67. The highest BCUT2D eigenvalue weighted by Crippen LogP contribution is 2.20. The quantitative estimate of drug-likeness (QED) is 0.770. The molecule has 0 aliphatic heterocycles. The number of ether oxygens (including phenoxy) is 1. The number of fused-ring (bicyclic) bond motifs is 1. The number of carbonyl (C=O) groups is 1. The van der Waals surface area contributed by atoms with E-state index in [4.69, 9.17) is 4.74 Å². The number of hydrogen-bond donors (Lipinski definition) is 2. The molecule has 0 saturated heterocycles. The van der Waals surface area contributed by atoms with Gasteiger partial charge in [-0.05, 0) is 18.9 Å². The summed E-state index contributed by atoms with van der Waals surface area (Å²) in [6.07, 6.45) is 3.98. The van der Waals surface area contributed by atoms with E-state index in [-0.39, 0.29) is 5.91 Å². The van der Waals surface area contributed by atoms with E-state index in [2.05, 4.69) is 15.5 Å². The number of para-hydroxylation sites is 1. The molecule has 18 heavy (non-hydrogen) atoms. The van der Waals surface area contributed by atoms with E-state index in [0.717, 1.165) is 29.4 Å². The second-order valence-electron chi connectivity index (χ2n) is 4.14. The zero-order chi connectivity index (χ0) is 12.8. The minimum atomic E-state index is 0.0215.